The van der Waals surface area contributed by atoms with E-state index in [0.717, 1.165) is 0 Å². The first-order chi connectivity index (χ1) is 12.3. The minimum absolute atomic E-state index is 0.00255. The summed E-state index contributed by atoms with van der Waals surface area (Å²) in [4.78, 5) is 35.7. The molecule has 140 valence electrons. The second-order valence-corrected chi connectivity index (χ2v) is 6.69. The van der Waals surface area contributed by atoms with Gasteiger partial charge in [0.1, 0.15) is 0 Å². The molecule has 1 aliphatic carbocycles. The Morgan fingerprint density at radius 2 is 1.85 bits per heavy atom. The van der Waals surface area contributed by atoms with E-state index in [9.17, 15) is 19.5 Å². The molecule has 0 radical (unpaired) electrons. The standard InChI is InChI=1S/C18H19Cl2NO5/c1-26-15(22)9-14(12-7-4-8-13(19)16(12)20)21-17(23)10-5-2-3-6-11(10)18(24)25/h4,7-8,14H,2-3,5-6,9H2,1H3,(H,21,23)(H,24,25)/p-1/t14-/m0/s1. The lowest BCUT2D eigenvalue weighted by Crippen LogP contribution is -2.35. The van der Waals surface area contributed by atoms with Crippen molar-refractivity contribution in [1.82, 2.24) is 5.32 Å². The Bertz CT molecular complexity index is 760. The number of carboxylic acid groups (broad SMARTS) is 1. The number of nitrogens with one attached hydrogen (secondary N) is 1. The van der Waals surface area contributed by atoms with Crippen LogP contribution in [0, 0.1) is 0 Å². The molecule has 0 fully saturated rings. The number of carbonyl (C=O) groups is 3. The lowest BCUT2D eigenvalue weighted by atomic mass is 9.90. The predicted molar refractivity (Wildman–Crippen MR) is 94.5 cm³/mol. The number of carbonyl (C=O) groups excluding carboxylic acids is 3. The van der Waals surface area contributed by atoms with Crippen molar-refractivity contribution in [2.75, 3.05) is 7.11 Å². The van der Waals surface area contributed by atoms with E-state index in [0.29, 0.717) is 24.8 Å². The molecule has 1 N–H and O–H groups in total. The maximum atomic E-state index is 12.7. The van der Waals surface area contributed by atoms with Gasteiger partial charge in [-0.1, -0.05) is 35.3 Å². The molecule has 1 atom stereocenters. The van der Waals surface area contributed by atoms with E-state index in [2.05, 4.69) is 10.1 Å². The fourth-order valence-corrected chi connectivity index (χ4v) is 3.34. The third kappa shape index (κ3) is 4.77. The fourth-order valence-electron chi connectivity index (χ4n) is 2.90. The molecule has 0 heterocycles. The number of aliphatic carboxylic acids is 1. The summed E-state index contributed by atoms with van der Waals surface area (Å²) in [6, 6.07) is 4.06. The van der Waals surface area contributed by atoms with Gasteiger partial charge >= 0.3 is 5.97 Å². The Morgan fingerprint density at radius 3 is 2.46 bits per heavy atom. The molecule has 0 aromatic heterocycles. The van der Waals surface area contributed by atoms with Gasteiger partial charge in [-0.05, 0) is 42.9 Å². The number of esters is 1. The van der Waals surface area contributed by atoms with Gasteiger partial charge in [-0.2, -0.15) is 0 Å². The summed E-state index contributed by atoms with van der Waals surface area (Å²) in [7, 11) is 1.23. The second kappa shape index (κ2) is 9.05. The van der Waals surface area contributed by atoms with Crippen LogP contribution < -0.4 is 10.4 Å². The molecule has 0 spiro atoms. The maximum absolute atomic E-state index is 12.7. The lowest BCUT2D eigenvalue weighted by Gasteiger charge is -2.24. The summed E-state index contributed by atoms with van der Waals surface area (Å²) in [6.45, 7) is 0. The van der Waals surface area contributed by atoms with Gasteiger partial charge in [0.15, 0.2) is 0 Å². The molecule has 2 rings (SSSR count). The molecule has 0 aliphatic heterocycles. The maximum Gasteiger partial charge on any atom is 0.307 e. The van der Waals surface area contributed by atoms with E-state index < -0.39 is 23.9 Å². The average molecular weight is 399 g/mol. The molecular formula is C18H18Cl2NO5-. The number of rotatable bonds is 6. The van der Waals surface area contributed by atoms with Crippen molar-refractivity contribution >= 4 is 41.0 Å². The van der Waals surface area contributed by atoms with E-state index in [-0.39, 0.29) is 34.0 Å². The first-order valence-electron chi connectivity index (χ1n) is 8.10. The van der Waals surface area contributed by atoms with Crippen LogP contribution in [-0.2, 0) is 19.1 Å². The zero-order valence-corrected chi connectivity index (χ0v) is 15.7. The van der Waals surface area contributed by atoms with Crippen molar-refractivity contribution in [3.05, 3.63) is 45.0 Å². The second-order valence-electron chi connectivity index (χ2n) is 5.90. The van der Waals surface area contributed by atoms with Crippen LogP contribution in [0.2, 0.25) is 10.0 Å². The zero-order valence-electron chi connectivity index (χ0n) is 14.1. The van der Waals surface area contributed by atoms with Gasteiger partial charge in [0.05, 0.1) is 35.6 Å². The summed E-state index contributed by atoms with van der Waals surface area (Å²) < 4.78 is 4.68. The average Bonchev–Trinajstić information content (AvgIpc) is 2.63. The van der Waals surface area contributed by atoms with Crippen molar-refractivity contribution in [2.24, 2.45) is 0 Å². The largest absolute Gasteiger partial charge is 0.545 e. The Morgan fingerprint density at radius 1 is 1.19 bits per heavy atom. The molecule has 6 nitrogen and oxygen atoms in total. The van der Waals surface area contributed by atoms with Gasteiger partial charge in [0.25, 0.3) is 0 Å². The van der Waals surface area contributed by atoms with Gasteiger partial charge < -0.3 is 20.0 Å². The summed E-state index contributed by atoms with van der Waals surface area (Å²) in [5.41, 5.74) is 0.622. The van der Waals surface area contributed by atoms with E-state index in [4.69, 9.17) is 23.2 Å². The highest BCUT2D eigenvalue weighted by atomic mass is 35.5. The van der Waals surface area contributed by atoms with Gasteiger partial charge in [0, 0.05) is 5.57 Å². The summed E-state index contributed by atoms with van der Waals surface area (Å²) in [5, 5.41) is 14.5. The van der Waals surface area contributed by atoms with Crippen molar-refractivity contribution in [1.29, 1.82) is 0 Å². The normalized spacial score (nSPS) is 15.3. The molecule has 8 heteroatoms. The summed E-state index contributed by atoms with van der Waals surface area (Å²) in [6.07, 6.45) is 1.84. The highest BCUT2D eigenvalue weighted by Gasteiger charge is 2.26. The Balaban J connectivity index is 2.34. The van der Waals surface area contributed by atoms with Crippen LogP contribution in [0.25, 0.3) is 0 Å². The molecule has 1 aromatic carbocycles. The highest BCUT2D eigenvalue weighted by Crippen LogP contribution is 2.32. The van der Waals surface area contributed by atoms with Crippen molar-refractivity contribution < 1.29 is 24.2 Å². The number of halogens is 2. The number of ether oxygens (including phenoxy) is 1. The van der Waals surface area contributed by atoms with Crippen LogP contribution >= 0.6 is 23.2 Å². The van der Waals surface area contributed by atoms with E-state index in [1.165, 1.54) is 7.11 Å². The first kappa shape index (κ1) is 20.3. The summed E-state index contributed by atoms with van der Waals surface area (Å²) in [5.74, 6) is -2.46. The molecule has 1 amide bonds. The van der Waals surface area contributed by atoms with Crippen LogP contribution in [-0.4, -0.2) is 25.0 Å². The Hall–Kier alpha value is -2.05. The fraction of sp³-hybridized carbons (Fsp3) is 0.389. The molecular weight excluding hydrogens is 381 g/mol. The predicted octanol–water partition coefficient (Wildman–Crippen LogP) is 2.33. The van der Waals surface area contributed by atoms with E-state index in [1.807, 2.05) is 0 Å². The van der Waals surface area contributed by atoms with Gasteiger partial charge in [-0.3, -0.25) is 9.59 Å². The number of amides is 1. The Labute approximate surface area is 161 Å². The molecule has 26 heavy (non-hydrogen) atoms. The molecule has 0 unspecified atom stereocenters. The molecule has 0 bridgehead atoms. The lowest BCUT2D eigenvalue weighted by molar-refractivity contribution is -0.299. The van der Waals surface area contributed by atoms with Crippen molar-refractivity contribution in [3.63, 3.8) is 0 Å². The molecule has 0 saturated carbocycles. The SMILES string of the molecule is COC(=O)C[C@H](NC(=O)C1=C(C(=O)[O-])CCCC1)c1cccc(Cl)c1Cl. The third-order valence-electron chi connectivity index (χ3n) is 4.25. The van der Waals surface area contributed by atoms with Gasteiger partial charge in [0.2, 0.25) is 5.91 Å². The van der Waals surface area contributed by atoms with Crippen LogP contribution in [0.5, 0.6) is 0 Å². The molecule has 1 aromatic rings. The van der Waals surface area contributed by atoms with Crippen LogP contribution in [0.1, 0.15) is 43.7 Å². The number of hydrogen-bond acceptors (Lipinski definition) is 5. The van der Waals surface area contributed by atoms with Crippen LogP contribution in [0.15, 0.2) is 29.3 Å². The van der Waals surface area contributed by atoms with Gasteiger partial charge in [-0.15, -0.1) is 0 Å². The van der Waals surface area contributed by atoms with Crippen molar-refractivity contribution in [2.45, 2.75) is 38.1 Å². The van der Waals surface area contributed by atoms with Gasteiger partial charge in [-0.25, -0.2) is 0 Å². The van der Waals surface area contributed by atoms with Crippen molar-refractivity contribution in [3.8, 4) is 0 Å². The third-order valence-corrected chi connectivity index (χ3v) is 5.08. The number of benzene rings is 1. The topological polar surface area (TPSA) is 95.5 Å². The monoisotopic (exact) mass is 398 g/mol. The number of methoxy groups -OCH3 is 1. The summed E-state index contributed by atoms with van der Waals surface area (Å²) >= 11 is 12.2. The van der Waals surface area contributed by atoms with Crippen LogP contribution in [0.3, 0.4) is 0 Å². The van der Waals surface area contributed by atoms with Crippen LogP contribution in [0.4, 0.5) is 0 Å². The minimum Gasteiger partial charge on any atom is -0.545 e. The molecule has 0 saturated heterocycles. The Kier molecular flexibility index (Phi) is 7.06. The first-order valence-corrected chi connectivity index (χ1v) is 8.85. The zero-order chi connectivity index (χ0) is 19.3. The van der Waals surface area contributed by atoms with E-state index >= 15 is 0 Å². The van der Waals surface area contributed by atoms with E-state index in [1.54, 1.807) is 18.2 Å². The number of hydrogen-bond donors (Lipinski definition) is 1. The number of carboxylic acids is 1. The highest BCUT2D eigenvalue weighted by molar-refractivity contribution is 6.42. The quantitative estimate of drug-likeness (QED) is 0.741. The molecule has 1 aliphatic rings. The minimum atomic E-state index is -1.35. The smallest absolute Gasteiger partial charge is 0.307 e.